The van der Waals surface area contributed by atoms with E-state index in [0.29, 0.717) is 25.1 Å². The summed E-state index contributed by atoms with van der Waals surface area (Å²) >= 11 is 0. The van der Waals surface area contributed by atoms with Gasteiger partial charge in [0, 0.05) is 37.3 Å². The fourth-order valence-corrected chi connectivity index (χ4v) is 2.19. The second kappa shape index (κ2) is 4.13. The zero-order valence-electron chi connectivity index (χ0n) is 9.38. The molecular weight excluding hydrogens is 243 g/mol. The van der Waals surface area contributed by atoms with Crippen molar-refractivity contribution >= 4 is 0 Å². The summed E-state index contributed by atoms with van der Waals surface area (Å²) in [6.07, 6.45) is 2.00. The van der Waals surface area contributed by atoms with Crippen molar-refractivity contribution in [2.24, 2.45) is 0 Å². The first-order valence-corrected chi connectivity index (χ1v) is 5.57. The number of imidazole rings is 1. The van der Waals surface area contributed by atoms with Crippen LogP contribution in [0.1, 0.15) is 11.4 Å². The molecule has 3 nitrogen and oxygen atoms in total. The van der Waals surface area contributed by atoms with Crippen molar-refractivity contribution in [3.05, 3.63) is 47.3 Å². The van der Waals surface area contributed by atoms with Crippen LogP contribution in [-0.2, 0) is 13.0 Å². The van der Waals surface area contributed by atoms with E-state index in [1.807, 2.05) is 0 Å². The monoisotopic (exact) mass is 253 g/mol. The second-order valence-corrected chi connectivity index (χ2v) is 4.15. The fourth-order valence-electron chi connectivity index (χ4n) is 2.19. The summed E-state index contributed by atoms with van der Waals surface area (Å²) in [5, 5.41) is 3.12. The Hall–Kier alpha value is -1.82. The summed E-state index contributed by atoms with van der Waals surface area (Å²) < 4.78 is 41.6. The molecule has 2 aromatic rings. The van der Waals surface area contributed by atoms with Gasteiger partial charge in [0.05, 0.1) is 12.0 Å². The molecule has 0 saturated heterocycles. The predicted octanol–water partition coefficient (Wildman–Crippen LogP) is 1.94. The highest BCUT2D eigenvalue weighted by molar-refractivity contribution is 5.39. The van der Waals surface area contributed by atoms with Gasteiger partial charge in [-0.05, 0) is 0 Å². The molecule has 1 aromatic carbocycles. The quantitative estimate of drug-likeness (QED) is 0.841. The Morgan fingerprint density at radius 2 is 1.89 bits per heavy atom. The maximum absolute atomic E-state index is 13.7. The predicted molar refractivity (Wildman–Crippen MR) is 58.8 cm³/mol. The third-order valence-corrected chi connectivity index (χ3v) is 3.01. The first kappa shape index (κ1) is 11.3. The Kier molecular flexibility index (Phi) is 2.59. The zero-order chi connectivity index (χ0) is 12.7. The standard InChI is InChI=1S/C12H10F3N3/c13-7-3-8(14)12(9(15)4-7)18-6-17-10-5-16-2-1-11(10)18/h3-4,6,16H,1-2,5H2. The highest BCUT2D eigenvalue weighted by Gasteiger charge is 2.20. The van der Waals surface area contributed by atoms with E-state index in [4.69, 9.17) is 0 Å². The molecule has 2 heterocycles. The van der Waals surface area contributed by atoms with Crippen molar-refractivity contribution in [1.29, 1.82) is 0 Å². The van der Waals surface area contributed by atoms with Gasteiger partial charge in [-0.3, -0.25) is 4.57 Å². The Morgan fingerprint density at radius 3 is 2.61 bits per heavy atom. The van der Waals surface area contributed by atoms with E-state index < -0.39 is 17.5 Å². The molecule has 1 aliphatic heterocycles. The third-order valence-electron chi connectivity index (χ3n) is 3.01. The van der Waals surface area contributed by atoms with Crippen LogP contribution >= 0.6 is 0 Å². The fraction of sp³-hybridized carbons (Fsp3) is 0.250. The van der Waals surface area contributed by atoms with E-state index in [0.717, 1.165) is 17.9 Å². The van der Waals surface area contributed by atoms with E-state index in [1.54, 1.807) is 0 Å². The molecule has 6 heteroatoms. The van der Waals surface area contributed by atoms with Gasteiger partial charge in [-0.25, -0.2) is 18.2 Å². The molecule has 0 fully saturated rings. The second-order valence-electron chi connectivity index (χ2n) is 4.15. The van der Waals surface area contributed by atoms with Gasteiger partial charge in [-0.15, -0.1) is 0 Å². The molecule has 0 bridgehead atoms. The molecular formula is C12H10F3N3. The normalized spacial score (nSPS) is 14.6. The molecule has 0 radical (unpaired) electrons. The number of benzene rings is 1. The molecule has 0 saturated carbocycles. The van der Waals surface area contributed by atoms with Gasteiger partial charge in [0.25, 0.3) is 0 Å². The SMILES string of the molecule is Fc1cc(F)c(-n2cnc3c2CCNC3)c(F)c1. The molecule has 0 aliphatic carbocycles. The first-order chi connectivity index (χ1) is 8.66. The minimum Gasteiger partial charge on any atom is -0.311 e. The summed E-state index contributed by atoms with van der Waals surface area (Å²) in [6, 6.07) is 1.35. The number of hydrogen-bond acceptors (Lipinski definition) is 2. The van der Waals surface area contributed by atoms with Crippen LogP contribution in [0.25, 0.3) is 5.69 Å². The topological polar surface area (TPSA) is 29.9 Å². The van der Waals surface area contributed by atoms with Crippen molar-refractivity contribution in [3.63, 3.8) is 0 Å². The molecule has 0 spiro atoms. The lowest BCUT2D eigenvalue weighted by Crippen LogP contribution is -2.25. The van der Waals surface area contributed by atoms with Crippen LogP contribution in [0.2, 0.25) is 0 Å². The Bertz CT molecular complexity index is 584. The van der Waals surface area contributed by atoms with Crippen LogP contribution in [0.5, 0.6) is 0 Å². The van der Waals surface area contributed by atoms with Crippen LogP contribution in [0.15, 0.2) is 18.5 Å². The van der Waals surface area contributed by atoms with E-state index >= 15 is 0 Å². The van der Waals surface area contributed by atoms with Gasteiger partial charge in [0.15, 0.2) is 11.6 Å². The van der Waals surface area contributed by atoms with Gasteiger partial charge < -0.3 is 5.32 Å². The van der Waals surface area contributed by atoms with Crippen LogP contribution in [0.4, 0.5) is 13.2 Å². The van der Waals surface area contributed by atoms with E-state index in [-0.39, 0.29) is 5.69 Å². The van der Waals surface area contributed by atoms with Crippen molar-refractivity contribution in [2.45, 2.75) is 13.0 Å². The van der Waals surface area contributed by atoms with Crippen LogP contribution < -0.4 is 5.32 Å². The summed E-state index contributed by atoms with van der Waals surface area (Å²) in [5.41, 5.74) is 1.26. The Morgan fingerprint density at radius 1 is 1.17 bits per heavy atom. The van der Waals surface area contributed by atoms with Gasteiger partial charge >= 0.3 is 0 Å². The number of nitrogens with zero attached hydrogens (tertiary/aromatic N) is 2. The largest absolute Gasteiger partial charge is 0.311 e. The first-order valence-electron chi connectivity index (χ1n) is 5.57. The summed E-state index contributed by atoms with van der Waals surface area (Å²) in [5.74, 6) is -2.78. The van der Waals surface area contributed by atoms with Crippen LogP contribution in [-0.4, -0.2) is 16.1 Å². The van der Waals surface area contributed by atoms with Gasteiger partial charge in [-0.1, -0.05) is 0 Å². The Labute approximate surface area is 101 Å². The third kappa shape index (κ3) is 1.69. The zero-order valence-corrected chi connectivity index (χ0v) is 9.38. The van der Waals surface area contributed by atoms with Crippen LogP contribution in [0.3, 0.4) is 0 Å². The average molecular weight is 253 g/mol. The number of rotatable bonds is 1. The highest BCUT2D eigenvalue weighted by atomic mass is 19.1. The van der Waals surface area contributed by atoms with E-state index in [2.05, 4.69) is 10.3 Å². The number of halogens is 3. The lowest BCUT2D eigenvalue weighted by atomic mass is 10.1. The molecule has 1 aromatic heterocycles. The van der Waals surface area contributed by atoms with Gasteiger partial charge in [-0.2, -0.15) is 0 Å². The maximum Gasteiger partial charge on any atom is 0.153 e. The molecule has 3 rings (SSSR count). The minimum absolute atomic E-state index is 0.271. The maximum atomic E-state index is 13.7. The van der Waals surface area contributed by atoms with Crippen molar-refractivity contribution in [2.75, 3.05) is 6.54 Å². The molecule has 0 atom stereocenters. The van der Waals surface area contributed by atoms with Crippen molar-refractivity contribution < 1.29 is 13.2 Å². The molecule has 1 aliphatic rings. The number of hydrogen-bond donors (Lipinski definition) is 1. The molecule has 1 N–H and O–H groups in total. The lowest BCUT2D eigenvalue weighted by Gasteiger charge is -2.16. The number of aromatic nitrogens is 2. The molecule has 0 amide bonds. The molecule has 18 heavy (non-hydrogen) atoms. The molecule has 94 valence electrons. The summed E-state index contributed by atoms with van der Waals surface area (Å²) in [6.45, 7) is 1.30. The van der Waals surface area contributed by atoms with Gasteiger partial charge in [0.2, 0.25) is 0 Å². The van der Waals surface area contributed by atoms with E-state index in [1.165, 1.54) is 10.9 Å². The highest BCUT2D eigenvalue weighted by Crippen LogP contribution is 2.23. The molecule has 0 unspecified atom stereocenters. The van der Waals surface area contributed by atoms with E-state index in [9.17, 15) is 13.2 Å². The minimum atomic E-state index is -0.926. The van der Waals surface area contributed by atoms with Crippen LogP contribution in [0, 0.1) is 17.5 Å². The summed E-state index contributed by atoms with van der Waals surface area (Å²) in [7, 11) is 0. The smallest absolute Gasteiger partial charge is 0.153 e. The van der Waals surface area contributed by atoms with Crippen molar-refractivity contribution in [1.82, 2.24) is 14.9 Å². The average Bonchev–Trinajstić information content (AvgIpc) is 2.72. The number of nitrogens with one attached hydrogen (secondary N) is 1. The summed E-state index contributed by atoms with van der Waals surface area (Å²) in [4.78, 5) is 4.11. The Balaban J connectivity index is 2.18. The lowest BCUT2D eigenvalue weighted by molar-refractivity contribution is 0.529. The van der Waals surface area contributed by atoms with Gasteiger partial charge in [0.1, 0.15) is 11.5 Å². The number of fused-ring (bicyclic) bond motifs is 1. The van der Waals surface area contributed by atoms with Crippen molar-refractivity contribution in [3.8, 4) is 5.69 Å².